The summed E-state index contributed by atoms with van der Waals surface area (Å²) in [6.45, 7) is 7.51. The summed E-state index contributed by atoms with van der Waals surface area (Å²) in [5, 5.41) is 12.0. The summed E-state index contributed by atoms with van der Waals surface area (Å²) in [6.07, 6.45) is -3.94. The molecule has 10 heteroatoms. The molecule has 1 aliphatic rings. The lowest BCUT2D eigenvalue weighted by atomic mass is 10.0. The van der Waals surface area contributed by atoms with Crippen LogP contribution in [0.2, 0.25) is 0 Å². The molecule has 0 aliphatic heterocycles. The van der Waals surface area contributed by atoms with Crippen molar-refractivity contribution in [3.05, 3.63) is 35.9 Å². The normalized spacial score (nSPS) is 17.7. The number of aliphatic hydroxyl groups is 1. The number of carbonyl (C=O) groups excluding carboxylic acids is 1. The smallest absolute Gasteiger partial charge is 0.391 e. The van der Waals surface area contributed by atoms with Crippen molar-refractivity contribution >= 4 is 17.5 Å². The average Bonchev–Trinajstić information content (AvgIpc) is 3.35. The minimum atomic E-state index is -4.23. The Morgan fingerprint density at radius 3 is 2.53 bits per heavy atom. The molecule has 0 spiro atoms. The molecule has 1 heterocycles. The number of amides is 2. The molecule has 1 aromatic heterocycles. The number of nitrogens with zero attached hydrogens (tertiary/aromatic N) is 3. The molecule has 2 amide bonds. The summed E-state index contributed by atoms with van der Waals surface area (Å²) in [5.74, 6) is -0.241. The Morgan fingerprint density at radius 1 is 1.19 bits per heavy atom. The van der Waals surface area contributed by atoms with Gasteiger partial charge in [-0.2, -0.15) is 18.2 Å². The molecule has 1 aromatic carbocycles. The molecule has 2 aromatic rings. The number of hydrogen-bond donors (Lipinski definition) is 2. The van der Waals surface area contributed by atoms with Crippen molar-refractivity contribution in [3.63, 3.8) is 0 Å². The molecule has 1 saturated carbocycles. The first-order valence-corrected chi connectivity index (χ1v) is 12.3. The number of aliphatic hydroxyl groups excluding tert-OH is 1. The maximum absolute atomic E-state index is 13.1. The average molecular weight is 509 g/mol. The zero-order valence-corrected chi connectivity index (χ0v) is 21.2. The highest BCUT2D eigenvalue weighted by Gasteiger charge is 2.45. The number of halogens is 3. The fraction of sp³-hybridized carbons (Fsp3) is 0.538. The number of benzene rings is 1. The molecule has 3 rings (SSSR count). The van der Waals surface area contributed by atoms with Crippen molar-refractivity contribution in [2.24, 2.45) is 5.92 Å². The van der Waals surface area contributed by atoms with Crippen LogP contribution < -0.4 is 15.0 Å². The van der Waals surface area contributed by atoms with Gasteiger partial charge in [0, 0.05) is 37.9 Å². The van der Waals surface area contributed by atoms with E-state index >= 15 is 0 Å². The van der Waals surface area contributed by atoms with E-state index in [1.165, 1.54) is 11.9 Å². The monoisotopic (exact) mass is 508 g/mol. The summed E-state index contributed by atoms with van der Waals surface area (Å²) in [6, 6.07) is 8.34. The maximum atomic E-state index is 13.1. The Balaban J connectivity index is 1.84. The van der Waals surface area contributed by atoms with Gasteiger partial charge in [0.1, 0.15) is 12.4 Å². The van der Waals surface area contributed by atoms with E-state index in [0.717, 1.165) is 35.6 Å². The Hall–Kier alpha value is -3.01. The van der Waals surface area contributed by atoms with Gasteiger partial charge in [0.25, 0.3) is 0 Å². The molecule has 2 atom stereocenters. The first kappa shape index (κ1) is 27.6. The predicted octanol–water partition coefficient (Wildman–Crippen LogP) is 5.47. The topological polar surface area (TPSA) is 77.9 Å². The molecule has 2 unspecified atom stereocenters. The fourth-order valence-electron chi connectivity index (χ4n) is 4.58. The molecular weight excluding hydrogens is 473 g/mol. The molecule has 198 valence electrons. The minimum absolute atomic E-state index is 0.0397. The Bertz CT molecular complexity index is 1040. The number of nitrogens with one attached hydrogen (secondary N) is 1. The second-order valence-electron chi connectivity index (χ2n) is 9.07. The van der Waals surface area contributed by atoms with Gasteiger partial charge in [-0.15, -0.1) is 0 Å². The van der Waals surface area contributed by atoms with Crippen molar-refractivity contribution < 1.29 is 27.8 Å². The van der Waals surface area contributed by atoms with E-state index in [0.29, 0.717) is 18.0 Å². The molecule has 7 nitrogen and oxygen atoms in total. The van der Waals surface area contributed by atoms with Crippen molar-refractivity contribution in [2.45, 2.75) is 52.3 Å². The number of rotatable bonds is 9. The van der Waals surface area contributed by atoms with E-state index in [4.69, 9.17) is 9.84 Å². The summed E-state index contributed by atoms with van der Waals surface area (Å²) < 4.78 is 44.8. The Labute approximate surface area is 210 Å². The molecule has 36 heavy (non-hydrogen) atoms. The van der Waals surface area contributed by atoms with Gasteiger partial charge in [-0.25, -0.2) is 4.79 Å². The number of urea groups is 1. The van der Waals surface area contributed by atoms with Gasteiger partial charge in [0.15, 0.2) is 0 Å². The zero-order valence-electron chi connectivity index (χ0n) is 21.2. The van der Waals surface area contributed by atoms with E-state index < -0.39 is 24.2 Å². The second-order valence-corrected chi connectivity index (χ2v) is 9.07. The van der Waals surface area contributed by atoms with E-state index in [-0.39, 0.29) is 26.1 Å². The zero-order chi connectivity index (χ0) is 26.5. The van der Waals surface area contributed by atoms with Crippen LogP contribution in [0.15, 0.2) is 30.3 Å². The first-order chi connectivity index (χ1) is 17.1. The number of carbonyl (C=O) groups is 1. The summed E-state index contributed by atoms with van der Waals surface area (Å²) >= 11 is 0. The quantitative estimate of drug-likeness (QED) is 0.470. The van der Waals surface area contributed by atoms with Crippen LogP contribution >= 0.6 is 0 Å². The van der Waals surface area contributed by atoms with Crippen LogP contribution in [0.4, 0.5) is 29.5 Å². The molecule has 2 N–H and O–H groups in total. The molecule has 0 bridgehead atoms. The van der Waals surface area contributed by atoms with Crippen LogP contribution in [0.25, 0.3) is 11.1 Å². The van der Waals surface area contributed by atoms with Crippen molar-refractivity contribution in [2.75, 3.05) is 43.6 Å². The van der Waals surface area contributed by atoms with Gasteiger partial charge in [-0.3, -0.25) is 0 Å². The highest BCUT2D eigenvalue weighted by molar-refractivity contribution is 5.90. The minimum Gasteiger partial charge on any atom is -0.475 e. The van der Waals surface area contributed by atoms with Crippen LogP contribution in [0.1, 0.15) is 38.7 Å². The van der Waals surface area contributed by atoms with Crippen LogP contribution in [0.3, 0.4) is 0 Å². The number of anilines is 2. The largest absolute Gasteiger partial charge is 0.475 e. The third-order valence-electron chi connectivity index (χ3n) is 6.75. The van der Waals surface area contributed by atoms with Gasteiger partial charge in [0.05, 0.1) is 12.5 Å². The number of aryl methyl sites for hydroxylation is 1. The summed E-state index contributed by atoms with van der Waals surface area (Å²) in [4.78, 5) is 20.9. The first-order valence-electron chi connectivity index (χ1n) is 12.3. The molecule has 1 aliphatic carbocycles. The van der Waals surface area contributed by atoms with Crippen LogP contribution in [0, 0.1) is 12.8 Å². The Kier molecular flexibility index (Phi) is 9.05. The van der Waals surface area contributed by atoms with Crippen molar-refractivity contribution in [1.82, 2.24) is 9.88 Å². The lowest BCUT2D eigenvalue weighted by Crippen LogP contribution is -2.39. The van der Waals surface area contributed by atoms with Crippen LogP contribution in [0.5, 0.6) is 5.88 Å². The lowest BCUT2D eigenvalue weighted by Gasteiger charge is -2.25. The second kappa shape index (κ2) is 11.8. The molecule has 0 saturated heterocycles. The third-order valence-corrected chi connectivity index (χ3v) is 6.75. The maximum Gasteiger partial charge on any atom is 0.391 e. The summed E-state index contributed by atoms with van der Waals surface area (Å²) in [5.41, 5.74) is 3.20. The van der Waals surface area contributed by atoms with E-state index in [1.807, 2.05) is 39.0 Å². The van der Waals surface area contributed by atoms with E-state index in [9.17, 15) is 18.0 Å². The molecular formula is C26H35F3N4O3. The van der Waals surface area contributed by atoms with Crippen LogP contribution in [-0.4, -0.2) is 66.6 Å². The standard InChI is InChI=1S/C26H35F3N4O3/c1-5-33(6-2)23-13-18(14-24(31-23)36-12-11-34)22-16-20(9-7-17(22)3)30-25(35)32(4)21-10-8-19(15-21)26(27,28)29/h7,9,13-14,16,19,21,34H,5-6,8,10-12,15H2,1-4H3,(H,30,35). The number of ether oxygens (including phenoxy) is 1. The van der Waals surface area contributed by atoms with Gasteiger partial charge in [-0.05, 0) is 74.9 Å². The van der Waals surface area contributed by atoms with Crippen LogP contribution in [-0.2, 0) is 0 Å². The van der Waals surface area contributed by atoms with Crippen molar-refractivity contribution in [1.29, 1.82) is 0 Å². The molecule has 1 fully saturated rings. The van der Waals surface area contributed by atoms with Gasteiger partial charge < -0.3 is 25.0 Å². The van der Waals surface area contributed by atoms with Crippen molar-refractivity contribution in [3.8, 4) is 17.0 Å². The highest BCUT2D eigenvalue weighted by Crippen LogP contribution is 2.40. The number of hydrogen-bond acceptors (Lipinski definition) is 5. The summed E-state index contributed by atoms with van der Waals surface area (Å²) in [7, 11) is 1.54. The highest BCUT2D eigenvalue weighted by atomic mass is 19.4. The number of pyridine rings is 1. The lowest BCUT2D eigenvalue weighted by molar-refractivity contribution is -0.173. The molecule has 0 radical (unpaired) electrons. The van der Waals surface area contributed by atoms with Gasteiger partial charge in [0.2, 0.25) is 5.88 Å². The predicted molar refractivity (Wildman–Crippen MR) is 135 cm³/mol. The van der Waals surface area contributed by atoms with Gasteiger partial charge >= 0.3 is 12.2 Å². The third kappa shape index (κ3) is 6.60. The Morgan fingerprint density at radius 2 is 1.92 bits per heavy atom. The number of alkyl halides is 3. The fourth-order valence-corrected chi connectivity index (χ4v) is 4.58. The number of aromatic nitrogens is 1. The van der Waals surface area contributed by atoms with E-state index in [1.54, 1.807) is 12.1 Å². The SMILES string of the molecule is CCN(CC)c1cc(-c2cc(NC(=O)N(C)C3CCC(C(F)(F)F)C3)ccc2C)cc(OCCO)n1. The van der Waals surface area contributed by atoms with Gasteiger partial charge in [-0.1, -0.05) is 6.07 Å². The van der Waals surface area contributed by atoms with E-state index in [2.05, 4.69) is 15.2 Å².